The normalized spacial score (nSPS) is 25.6. The van der Waals surface area contributed by atoms with Crippen molar-refractivity contribution < 1.29 is 14.3 Å². The molecule has 2 aliphatic rings. The summed E-state index contributed by atoms with van der Waals surface area (Å²) in [6, 6.07) is 20.3. The van der Waals surface area contributed by atoms with Crippen LogP contribution in [0.5, 0.6) is 0 Å². The molecular formula is C26H29NO3. The minimum Gasteiger partial charge on any atom is -0.466 e. The molecule has 1 amide bonds. The van der Waals surface area contributed by atoms with Crippen molar-refractivity contribution in [2.24, 2.45) is 17.8 Å². The molecule has 4 atom stereocenters. The minimum atomic E-state index is -0.208. The first-order chi connectivity index (χ1) is 14.7. The number of hydrogen-bond donors (Lipinski definition) is 0. The SMILES string of the molecule is CCOC(=O)[C@@H]1CC=C[C@@H]2CC(=O)N(Cc3ccccc3)[C@@H](Cc3ccccc3)[C@H]21. The van der Waals surface area contributed by atoms with E-state index in [0.29, 0.717) is 26.0 Å². The lowest BCUT2D eigenvalue weighted by Gasteiger charge is -2.48. The third-order valence-corrected chi connectivity index (χ3v) is 6.38. The number of carbonyl (C=O) groups excluding carboxylic acids is 2. The van der Waals surface area contributed by atoms with Gasteiger partial charge in [-0.15, -0.1) is 0 Å². The molecule has 2 aromatic carbocycles. The van der Waals surface area contributed by atoms with E-state index in [0.717, 1.165) is 12.0 Å². The summed E-state index contributed by atoms with van der Waals surface area (Å²) in [5.41, 5.74) is 2.30. The zero-order valence-corrected chi connectivity index (χ0v) is 17.4. The quantitative estimate of drug-likeness (QED) is 0.530. The average molecular weight is 404 g/mol. The fraction of sp³-hybridized carbons (Fsp3) is 0.385. The standard InChI is InChI=1S/C26H29NO3/c1-2-30-26(29)22-15-9-14-21-17-24(28)27(18-20-12-7-4-8-13-20)23(25(21)22)16-19-10-5-3-6-11-19/h3-14,21-23,25H,2,15-18H2,1H3/t21-,22-,23+,25-/m1/s1. The highest BCUT2D eigenvalue weighted by Gasteiger charge is 2.48. The van der Waals surface area contributed by atoms with Gasteiger partial charge in [-0.1, -0.05) is 72.8 Å². The Morgan fingerprint density at radius 1 is 1.03 bits per heavy atom. The van der Waals surface area contributed by atoms with Crippen LogP contribution in [-0.2, 0) is 27.3 Å². The summed E-state index contributed by atoms with van der Waals surface area (Å²) in [6.45, 7) is 2.80. The molecule has 2 aromatic rings. The molecule has 30 heavy (non-hydrogen) atoms. The molecule has 0 unspecified atom stereocenters. The molecule has 1 aliphatic heterocycles. The molecule has 0 radical (unpaired) electrons. The molecule has 1 heterocycles. The summed E-state index contributed by atoms with van der Waals surface area (Å²) < 4.78 is 5.43. The molecule has 0 bridgehead atoms. The van der Waals surface area contributed by atoms with Gasteiger partial charge in [0, 0.05) is 19.0 Å². The summed E-state index contributed by atoms with van der Waals surface area (Å²) in [4.78, 5) is 28.1. The fourth-order valence-corrected chi connectivity index (χ4v) is 5.04. The molecule has 4 nitrogen and oxygen atoms in total. The van der Waals surface area contributed by atoms with Gasteiger partial charge in [-0.25, -0.2) is 0 Å². The van der Waals surface area contributed by atoms with Crippen molar-refractivity contribution in [1.82, 2.24) is 4.90 Å². The van der Waals surface area contributed by atoms with Crippen molar-refractivity contribution in [1.29, 1.82) is 0 Å². The molecule has 0 saturated carbocycles. The molecule has 0 spiro atoms. The highest BCUT2D eigenvalue weighted by atomic mass is 16.5. The van der Waals surface area contributed by atoms with Crippen LogP contribution in [0, 0.1) is 17.8 Å². The summed E-state index contributed by atoms with van der Waals surface area (Å²) in [5, 5.41) is 0. The van der Waals surface area contributed by atoms with Crippen LogP contribution in [0.4, 0.5) is 0 Å². The molecule has 4 rings (SSSR count). The number of benzene rings is 2. The maximum atomic E-state index is 13.2. The van der Waals surface area contributed by atoms with Crippen molar-refractivity contribution in [3.8, 4) is 0 Å². The Bertz CT molecular complexity index is 893. The van der Waals surface area contributed by atoms with Crippen LogP contribution in [0.25, 0.3) is 0 Å². The molecule has 4 heteroatoms. The van der Waals surface area contributed by atoms with Crippen molar-refractivity contribution in [2.75, 3.05) is 6.61 Å². The van der Waals surface area contributed by atoms with Gasteiger partial charge in [0.25, 0.3) is 0 Å². The molecule has 1 fully saturated rings. The number of fused-ring (bicyclic) bond motifs is 1. The van der Waals surface area contributed by atoms with E-state index in [1.165, 1.54) is 5.56 Å². The first-order valence-electron chi connectivity index (χ1n) is 10.9. The number of likely N-dealkylation sites (tertiary alicyclic amines) is 1. The topological polar surface area (TPSA) is 46.6 Å². The van der Waals surface area contributed by atoms with Crippen molar-refractivity contribution in [2.45, 2.75) is 38.8 Å². The van der Waals surface area contributed by atoms with Gasteiger partial charge in [0.15, 0.2) is 0 Å². The first kappa shape index (κ1) is 20.4. The van der Waals surface area contributed by atoms with Crippen LogP contribution in [0.15, 0.2) is 72.8 Å². The number of nitrogens with zero attached hydrogens (tertiary/aromatic N) is 1. The maximum Gasteiger partial charge on any atom is 0.309 e. The number of allylic oxidation sites excluding steroid dienone is 2. The van der Waals surface area contributed by atoms with Crippen LogP contribution in [0.1, 0.15) is 30.9 Å². The van der Waals surface area contributed by atoms with Crippen molar-refractivity contribution >= 4 is 11.9 Å². The summed E-state index contributed by atoms with van der Waals surface area (Å²) in [7, 11) is 0. The number of hydrogen-bond acceptors (Lipinski definition) is 3. The predicted octanol–water partition coefficient (Wildman–Crippen LogP) is 4.40. The van der Waals surface area contributed by atoms with Crippen LogP contribution in [0.2, 0.25) is 0 Å². The summed E-state index contributed by atoms with van der Waals surface area (Å²) >= 11 is 0. The zero-order valence-electron chi connectivity index (χ0n) is 17.4. The number of piperidine rings is 1. The van der Waals surface area contributed by atoms with Gasteiger partial charge in [-0.05, 0) is 42.7 Å². The lowest BCUT2D eigenvalue weighted by molar-refractivity contribution is -0.158. The van der Waals surface area contributed by atoms with Gasteiger partial charge in [-0.2, -0.15) is 0 Å². The monoisotopic (exact) mass is 403 g/mol. The van der Waals surface area contributed by atoms with Gasteiger partial charge in [-0.3, -0.25) is 9.59 Å². The Balaban J connectivity index is 1.70. The van der Waals surface area contributed by atoms with E-state index < -0.39 is 0 Å². The van der Waals surface area contributed by atoms with Crippen LogP contribution in [-0.4, -0.2) is 29.4 Å². The summed E-state index contributed by atoms with van der Waals surface area (Å²) in [5.74, 6) is -0.0313. The van der Waals surface area contributed by atoms with E-state index >= 15 is 0 Å². The maximum absolute atomic E-state index is 13.2. The predicted molar refractivity (Wildman–Crippen MR) is 116 cm³/mol. The Morgan fingerprint density at radius 2 is 1.70 bits per heavy atom. The van der Waals surface area contributed by atoms with Gasteiger partial charge < -0.3 is 9.64 Å². The molecule has 0 aromatic heterocycles. The van der Waals surface area contributed by atoms with Gasteiger partial charge >= 0.3 is 5.97 Å². The van der Waals surface area contributed by atoms with Crippen molar-refractivity contribution in [3.05, 3.63) is 83.9 Å². The number of ether oxygens (including phenoxy) is 1. The van der Waals surface area contributed by atoms with E-state index in [1.54, 1.807) is 0 Å². The van der Waals surface area contributed by atoms with Gasteiger partial charge in [0.1, 0.15) is 0 Å². The highest BCUT2D eigenvalue weighted by molar-refractivity contribution is 5.80. The Labute approximate surface area is 178 Å². The van der Waals surface area contributed by atoms with Crippen LogP contribution >= 0.6 is 0 Å². The molecule has 156 valence electrons. The first-order valence-corrected chi connectivity index (χ1v) is 10.9. The lowest BCUT2D eigenvalue weighted by atomic mass is 9.66. The van der Waals surface area contributed by atoms with Crippen LogP contribution < -0.4 is 0 Å². The zero-order chi connectivity index (χ0) is 20.9. The Hall–Kier alpha value is -2.88. The number of esters is 1. The van der Waals surface area contributed by atoms with E-state index in [1.807, 2.05) is 48.2 Å². The number of carbonyl (C=O) groups is 2. The molecular weight excluding hydrogens is 374 g/mol. The minimum absolute atomic E-state index is 0.0433. The number of rotatable bonds is 6. The van der Waals surface area contributed by atoms with E-state index in [2.05, 4.69) is 36.4 Å². The van der Waals surface area contributed by atoms with Gasteiger partial charge in [0.2, 0.25) is 5.91 Å². The molecule has 1 saturated heterocycles. The second kappa shape index (κ2) is 9.29. The van der Waals surface area contributed by atoms with Crippen LogP contribution in [0.3, 0.4) is 0 Å². The van der Waals surface area contributed by atoms with Gasteiger partial charge in [0.05, 0.1) is 12.5 Å². The second-order valence-corrected chi connectivity index (χ2v) is 8.23. The van der Waals surface area contributed by atoms with Crippen molar-refractivity contribution in [3.63, 3.8) is 0 Å². The Morgan fingerprint density at radius 3 is 2.37 bits per heavy atom. The summed E-state index contributed by atoms with van der Waals surface area (Å²) in [6.07, 6.45) is 6.08. The highest BCUT2D eigenvalue weighted by Crippen LogP contribution is 2.43. The number of amides is 1. The van der Waals surface area contributed by atoms with E-state index in [9.17, 15) is 9.59 Å². The third-order valence-electron chi connectivity index (χ3n) is 6.38. The lowest BCUT2D eigenvalue weighted by Crippen LogP contribution is -2.56. The van der Waals surface area contributed by atoms with E-state index in [-0.39, 0.29) is 35.7 Å². The molecule has 1 aliphatic carbocycles. The largest absolute Gasteiger partial charge is 0.466 e. The second-order valence-electron chi connectivity index (χ2n) is 8.23. The smallest absolute Gasteiger partial charge is 0.309 e. The average Bonchev–Trinajstić information content (AvgIpc) is 2.77. The Kier molecular flexibility index (Phi) is 6.32. The molecule has 0 N–H and O–H groups in total. The third kappa shape index (κ3) is 4.33. The fourth-order valence-electron chi connectivity index (χ4n) is 5.04. The van der Waals surface area contributed by atoms with E-state index in [4.69, 9.17) is 4.74 Å².